The lowest BCUT2D eigenvalue weighted by molar-refractivity contribution is -0.151. The molecule has 2 heterocycles. The van der Waals surface area contributed by atoms with Crippen LogP contribution in [-0.2, 0) is 23.9 Å². The summed E-state index contributed by atoms with van der Waals surface area (Å²) in [6.07, 6.45) is 0.254. The number of methoxy groups -OCH3 is 1. The highest BCUT2D eigenvalue weighted by molar-refractivity contribution is 7.10. The molecule has 1 aromatic heterocycles. The van der Waals surface area contributed by atoms with Crippen LogP contribution in [0, 0.1) is 11.8 Å². The van der Waals surface area contributed by atoms with E-state index in [1.54, 1.807) is 13.8 Å². The Labute approximate surface area is 168 Å². The molecule has 0 saturated carbocycles. The number of hydrogen-bond donors (Lipinski definition) is 1. The van der Waals surface area contributed by atoms with Crippen LogP contribution in [0.4, 0.5) is 0 Å². The zero-order valence-electron chi connectivity index (χ0n) is 16.7. The minimum absolute atomic E-state index is 0.188. The Kier molecular flexibility index (Phi) is 5.74. The fourth-order valence-corrected chi connectivity index (χ4v) is 4.81. The van der Waals surface area contributed by atoms with Crippen LogP contribution in [0.5, 0.6) is 0 Å². The van der Waals surface area contributed by atoms with E-state index in [-0.39, 0.29) is 17.8 Å². The van der Waals surface area contributed by atoms with Gasteiger partial charge in [-0.25, -0.2) is 4.79 Å². The molecule has 0 fully saturated rings. The molecule has 0 amide bonds. The van der Waals surface area contributed by atoms with Gasteiger partial charge in [0.25, 0.3) is 0 Å². The molecule has 1 aliphatic heterocycles. The van der Waals surface area contributed by atoms with Gasteiger partial charge in [0.15, 0.2) is 5.78 Å². The lowest BCUT2D eigenvalue weighted by Crippen LogP contribution is -2.43. The normalized spacial score (nSPS) is 24.8. The number of allylic oxidation sites excluding steroid dienone is 3. The number of esters is 2. The first-order valence-electron chi connectivity index (χ1n) is 9.33. The second-order valence-electron chi connectivity index (χ2n) is 7.50. The first kappa shape index (κ1) is 20.3. The van der Waals surface area contributed by atoms with Gasteiger partial charge in [0.1, 0.15) is 5.92 Å². The average molecular weight is 404 g/mol. The molecule has 1 aromatic rings. The molecule has 0 unspecified atom stereocenters. The Morgan fingerprint density at radius 2 is 2.04 bits per heavy atom. The number of carbonyl (C=O) groups excluding carboxylic acids is 3. The predicted octanol–water partition coefficient (Wildman–Crippen LogP) is 3.31. The second-order valence-corrected chi connectivity index (χ2v) is 8.48. The van der Waals surface area contributed by atoms with Crippen molar-refractivity contribution in [3.63, 3.8) is 0 Å². The average Bonchev–Trinajstić information content (AvgIpc) is 3.13. The summed E-state index contributed by atoms with van der Waals surface area (Å²) in [5.74, 6) is -2.87. The second kappa shape index (κ2) is 7.91. The van der Waals surface area contributed by atoms with Gasteiger partial charge in [0.05, 0.1) is 24.7 Å². The summed E-state index contributed by atoms with van der Waals surface area (Å²) in [4.78, 5) is 39.5. The maximum atomic E-state index is 13.4. The molecule has 3 atom stereocenters. The van der Waals surface area contributed by atoms with Gasteiger partial charge < -0.3 is 14.8 Å². The Bertz CT molecular complexity index is 865. The van der Waals surface area contributed by atoms with Crippen molar-refractivity contribution in [1.82, 2.24) is 5.32 Å². The number of ether oxygens (including phenoxy) is 2. The Morgan fingerprint density at radius 3 is 2.61 bits per heavy atom. The SMILES string of the molecule is COC(=O)[C@@H]1C(=O)C2=C(C[C@H]1C)NC(C)=C(C(=O)OC(C)C)[C@@H]2c1cccs1. The van der Waals surface area contributed by atoms with Gasteiger partial charge in [-0.05, 0) is 44.6 Å². The summed E-state index contributed by atoms with van der Waals surface area (Å²) < 4.78 is 10.3. The highest BCUT2D eigenvalue weighted by Crippen LogP contribution is 2.46. The number of hydrogen-bond acceptors (Lipinski definition) is 7. The molecule has 150 valence electrons. The van der Waals surface area contributed by atoms with E-state index in [2.05, 4.69) is 5.32 Å². The molecule has 3 rings (SSSR count). The number of Topliss-reactive ketones (excluding diaryl/α,β-unsaturated/α-hetero) is 1. The molecule has 7 heteroatoms. The van der Waals surface area contributed by atoms with E-state index >= 15 is 0 Å². The summed E-state index contributed by atoms with van der Waals surface area (Å²) in [5, 5.41) is 5.15. The third-order valence-electron chi connectivity index (χ3n) is 5.13. The van der Waals surface area contributed by atoms with Gasteiger partial charge in [0.2, 0.25) is 0 Å². The van der Waals surface area contributed by atoms with Crippen molar-refractivity contribution in [2.24, 2.45) is 11.8 Å². The molecule has 0 radical (unpaired) electrons. The highest BCUT2D eigenvalue weighted by Gasteiger charge is 2.47. The van der Waals surface area contributed by atoms with E-state index in [1.807, 2.05) is 31.4 Å². The fourth-order valence-electron chi connectivity index (χ4n) is 3.97. The predicted molar refractivity (Wildman–Crippen MR) is 105 cm³/mol. The Balaban J connectivity index is 2.13. The van der Waals surface area contributed by atoms with Gasteiger partial charge in [-0.1, -0.05) is 13.0 Å². The van der Waals surface area contributed by atoms with E-state index in [1.165, 1.54) is 18.4 Å². The van der Waals surface area contributed by atoms with Crippen LogP contribution in [0.25, 0.3) is 0 Å². The molecule has 1 N–H and O–H groups in total. The number of ketones is 1. The van der Waals surface area contributed by atoms with Crippen molar-refractivity contribution in [3.8, 4) is 0 Å². The molecular weight excluding hydrogens is 378 g/mol. The van der Waals surface area contributed by atoms with E-state index in [0.717, 1.165) is 10.6 Å². The van der Waals surface area contributed by atoms with Crippen LogP contribution in [-0.4, -0.2) is 30.9 Å². The van der Waals surface area contributed by atoms with Crippen molar-refractivity contribution in [2.75, 3.05) is 7.11 Å². The van der Waals surface area contributed by atoms with Crippen LogP contribution >= 0.6 is 11.3 Å². The molecular formula is C21H25NO5S. The molecule has 28 heavy (non-hydrogen) atoms. The third kappa shape index (κ3) is 3.51. The number of carbonyl (C=O) groups is 3. The van der Waals surface area contributed by atoms with Crippen LogP contribution in [0.3, 0.4) is 0 Å². The van der Waals surface area contributed by atoms with Crippen molar-refractivity contribution in [3.05, 3.63) is 44.9 Å². The van der Waals surface area contributed by atoms with E-state index in [9.17, 15) is 14.4 Å². The largest absolute Gasteiger partial charge is 0.468 e. The first-order valence-corrected chi connectivity index (χ1v) is 10.2. The fraction of sp³-hybridized carbons (Fsp3) is 0.476. The number of thiophene rings is 1. The summed E-state index contributed by atoms with van der Waals surface area (Å²) in [6.45, 7) is 7.26. The van der Waals surface area contributed by atoms with Crippen molar-refractivity contribution < 1.29 is 23.9 Å². The van der Waals surface area contributed by atoms with Crippen molar-refractivity contribution >= 4 is 29.1 Å². The maximum Gasteiger partial charge on any atom is 0.337 e. The number of nitrogens with one attached hydrogen (secondary N) is 1. The standard InChI is InChI=1S/C21H25NO5S/c1-10(2)27-21(25)16-12(4)22-13-9-11(3)15(20(24)26-5)19(23)17(13)18(16)14-7-6-8-28-14/h6-8,10-11,15,18,22H,9H2,1-5H3/t11-,15+,18+/m1/s1. The van der Waals surface area contributed by atoms with Crippen LogP contribution in [0.1, 0.15) is 44.9 Å². The lowest BCUT2D eigenvalue weighted by atomic mass is 9.70. The summed E-state index contributed by atoms with van der Waals surface area (Å²) in [6, 6.07) is 3.79. The van der Waals surface area contributed by atoms with Gasteiger partial charge in [-0.3, -0.25) is 9.59 Å². The van der Waals surface area contributed by atoms with E-state index < -0.39 is 23.8 Å². The lowest BCUT2D eigenvalue weighted by Gasteiger charge is -2.37. The van der Waals surface area contributed by atoms with Crippen LogP contribution in [0.2, 0.25) is 0 Å². The highest BCUT2D eigenvalue weighted by atomic mass is 32.1. The number of rotatable bonds is 4. The van der Waals surface area contributed by atoms with E-state index in [0.29, 0.717) is 23.3 Å². The molecule has 2 aliphatic rings. The molecule has 0 aromatic carbocycles. The first-order chi connectivity index (χ1) is 13.3. The summed E-state index contributed by atoms with van der Waals surface area (Å²) in [5.41, 5.74) is 2.34. The topological polar surface area (TPSA) is 81.7 Å². The summed E-state index contributed by atoms with van der Waals surface area (Å²) >= 11 is 1.47. The quantitative estimate of drug-likeness (QED) is 0.614. The van der Waals surface area contributed by atoms with E-state index in [4.69, 9.17) is 9.47 Å². The molecule has 1 aliphatic carbocycles. The van der Waals surface area contributed by atoms with Gasteiger partial charge >= 0.3 is 11.9 Å². The number of dihydropyridines is 1. The van der Waals surface area contributed by atoms with Crippen LogP contribution < -0.4 is 5.32 Å². The molecule has 0 saturated heterocycles. The smallest absolute Gasteiger partial charge is 0.337 e. The van der Waals surface area contributed by atoms with Gasteiger partial charge in [-0.15, -0.1) is 11.3 Å². The van der Waals surface area contributed by atoms with Gasteiger partial charge in [0, 0.05) is 21.8 Å². The third-order valence-corrected chi connectivity index (χ3v) is 6.07. The van der Waals surface area contributed by atoms with Crippen molar-refractivity contribution in [1.29, 1.82) is 0 Å². The monoisotopic (exact) mass is 403 g/mol. The minimum atomic E-state index is -0.867. The zero-order chi connectivity index (χ0) is 20.6. The zero-order valence-corrected chi connectivity index (χ0v) is 17.5. The van der Waals surface area contributed by atoms with Gasteiger partial charge in [-0.2, -0.15) is 0 Å². The van der Waals surface area contributed by atoms with Crippen molar-refractivity contribution in [2.45, 2.75) is 46.1 Å². The molecule has 0 bridgehead atoms. The summed E-state index contributed by atoms with van der Waals surface area (Å²) in [7, 11) is 1.29. The minimum Gasteiger partial charge on any atom is -0.468 e. The molecule has 0 spiro atoms. The Hall–Kier alpha value is -2.41. The Morgan fingerprint density at radius 1 is 1.32 bits per heavy atom. The molecule has 6 nitrogen and oxygen atoms in total. The maximum absolute atomic E-state index is 13.4. The van der Waals surface area contributed by atoms with Crippen LogP contribution in [0.15, 0.2) is 40.1 Å².